The molecule has 0 fully saturated rings. The lowest BCUT2D eigenvalue weighted by molar-refractivity contribution is -0.133. The number of hydrogen-bond acceptors (Lipinski definition) is 4. The fraction of sp³-hybridized carbons (Fsp3) is 0.318. The maximum atomic E-state index is 13.2. The van der Waals surface area contributed by atoms with Crippen molar-refractivity contribution in [3.63, 3.8) is 0 Å². The fourth-order valence-corrected chi connectivity index (χ4v) is 3.93. The van der Waals surface area contributed by atoms with E-state index in [1.165, 1.54) is 0 Å². The van der Waals surface area contributed by atoms with E-state index >= 15 is 0 Å². The van der Waals surface area contributed by atoms with E-state index in [1.54, 1.807) is 23.9 Å². The van der Waals surface area contributed by atoms with Crippen LogP contribution in [-0.2, 0) is 17.1 Å². The number of carbonyl (C=O) groups is 1. The average Bonchev–Trinajstić information content (AvgIpc) is 3.06. The van der Waals surface area contributed by atoms with Gasteiger partial charge in [-0.2, -0.15) is 17.0 Å². The first kappa shape index (κ1) is 20.0. The molecule has 0 aliphatic heterocycles. The molecule has 0 saturated carbocycles. The van der Waals surface area contributed by atoms with E-state index in [1.807, 2.05) is 66.0 Å². The van der Waals surface area contributed by atoms with Gasteiger partial charge in [-0.05, 0) is 49.9 Å². The van der Waals surface area contributed by atoms with Gasteiger partial charge >= 0.3 is 0 Å². The molecular weight excluding hydrogens is 368 g/mol. The van der Waals surface area contributed by atoms with Crippen molar-refractivity contribution in [2.24, 2.45) is 0 Å². The molecule has 3 rings (SSSR count). The number of aromatic nitrogens is 2. The van der Waals surface area contributed by atoms with Gasteiger partial charge in [0.1, 0.15) is 12.4 Å². The van der Waals surface area contributed by atoms with Crippen LogP contribution in [0.5, 0.6) is 0 Å². The van der Waals surface area contributed by atoms with Gasteiger partial charge in [0.2, 0.25) is 5.91 Å². The van der Waals surface area contributed by atoms with Gasteiger partial charge in [-0.25, -0.2) is 4.98 Å². The number of imidazole rings is 1. The third-order valence-corrected chi connectivity index (χ3v) is 5.50. The van der Waals surface area contributed by atoms with Crippen molar-refractivity contribution in [3.8, 4) is 6.07 Å². The predicted octanol–water partition coefficient (Wildman–Crippen LogP) is 4.38. The van der Waals surface area contributed by atoms with Gasteiger partial charge < -0.3 is 9.47 Å². The maximum absolute atomic E-state index is 13.2. The van der Waals surface area contributed by atoms with Gasteiger partial charge in [-0.1, -0.05) is 24.3 Å². The van der Waals surface area contributed by atoms with Crippen LogP contribution in [0, 0.1) is 11.3 Å². The highest BCUT2D eigenvalue weighted by atomic mass is 32.2. The minimum Gasteiger partial charge on any atom is -0.335 e. The van der Waals surface area contributed by atoms with Crippen LogP contribution in [-0.4, -0.2) is 33.2 Å². The largest absolute Gasteiger partial charge is 0.335 e. The summed E-state index contributed by atoms with van der Waals surface area (Å²) < 4.78 is 2.03. The summed E-state index contributed by atoms with van der Waals surface area (Å²) >= 11 is 1.70. The zero-order valence-electron chi connectivity index (χ0n) is 16.4. The minimum atomic E-state index is -0.0657. The Morgan fingerprint density at radius 3 is 2.61 bits per heavy atom. The molecule has 1 unspecified atom stereocenters. The van der Waals surface area contributed by atoms with Crippen LogP contribution in [0.4, 0.5) is 0 Å². The second-order valence-electron chi connectivity index (χ2n) is 6.63. The highest BCUT2D eigenvalue weighted by Crippen LogP contribution is 2.23. The van der Waals surface area contributed by atoms with E-state index in [0.29, 0.717) is 12.1 Å². The Balaban J connectivity index is 1.87. The number of thioether (sulfide) groups is 1. The van der Waals surface area contributed by atoms with Crippen LogP contribution in [0.2, 0.25) is 0 Å². The second kappa shape index (κ2) is 8.94. The Bertz CT molecular complexity index is 1000. The highest BCUT2D eigenvalue weighted by molar-refractivity contribution is 7.97. The predicted molar refractivity (Wildman–Crippen MR) is 114 cm³/mol. The van der Waals surface area contributed by atoms with E-state index in [9.17, 15) is 4.79 Å². The second-order valence-corrected chi connectivity index (χ2v) is 7.49. The molecule has 1 atom stereocenters. The van der Waals surface area contributed by atoms with Crippen molar-refractivity contribution < 1.29 is 4.79 Å². The van der Waals surface area contributed by atoms with Gasteiger partial charge in [-0.15, -0.1) is 0 Å². The van der Waals surface area contributed by atoms with Crippen LogP contribution in [0.25, 0.3) is 11.0 Å². The van der Waals surface area contributed by atoms with Crippen molar-refractivity contribution in [2.75, 3.05) is 12.8 Å². The molecule has 1 amide bonds. The summed E-state index contributed by atoms with van der Waals surface area (Å²) in [6, 6.07) is 17.4. The third-order valence-electron chi connectivity index (χ3n) is 4.95. The molecule has 5 nitrogen and oxygen atoms in total. The number of benzene rings is 2. The van der Waals surface area contributed by atoms with Gasteiger partial charge in [0.05, 0.1) is 34.5 Å². The number of carbonyl (C=O) groups excluding carboxylic acids is 1. The average molecular weight is 393 g/mol. The van der Waals surface area contributed by atoms with Crippen molar-refractivity contribution in [1.29, 1.82) is 5.26 Å². The number of para-hydroxylation sites is 2. The number of nitriles is 1. The number of fused-ring (bicyclic) bond motifs is 1. The van der Waals surface area contributed by atoms with Crippen LogP contribution >= 0.6 is 11.8 Å². The maximum Gasteiger partial charge on any atom is 0.243 e. The topological polar surface area (TPSA) is 61.9 Å². The Morgan fingerprint density at radius 1 is 1.25 bits per heavy atom. The first-order chi connectivity index (χ1) is 13.6. The van der Waals surface area contributed by atoms with Crippen molar-refractivity contribution in [2.45, 2.75) is 32.2 Å². The molecule has 0 aliphatic carbocycles. The van der Waals surface area contributed by atoms with E-state index in [4.69, 9.17) is 10.2 Å². The number of hydrogen-bond donors (Lipinski definition) is 0. The van der Waals surface area contributed by atoms with E-state index in [2.05, 4.69) is 6.07 Å². The highest BCUT2D eigenvalue weighted by Gasteiger charge is 2.22. The number of amides is 1. The van der Waals surface area contributed by atoms with Crippen molar-refractivity contribution in [1.82, 2.24) is 14.5 Å². The quantitative estimate of drug-likeness (QED) is 0.599. The van der Waals surface area contributed by atoms with Gasteiger partial charge in [0.15, 0.2) is 0 Å². The molecule has 1 aromatic heterocycles. The van der Waals surface area contributed by atoms with E-state index in [0.717, 1.165) is 28.2 Å². The monoisotopic (exact) mass is 392 g/mol. The van der Waals surface area contributed by atoms with Gasteiger partial charge in [-0.3, -0.25) is 4.79 Å². The lowest BCUT2D eigenvalue weighted by Gasteiger charge is -2.29. The van der Waals surface area contributed by atoms with E-state index < -0.39 is 0 Å². The molecule has 3 aromatic rings. The summed E-state index contributed by atoms with van der Waals surface area (Å²) in [5, 5.41) is 8.99. The molecule has 0 saturated heterocycles. The van der Waals surface area contributed by atoms with Crippen LogP contribution in [0.15, 0.2) is 48.5 Å². The molecule has 0 aliphatic rings. The van der Waals surface area contributed by atoms with Crippen LogP contribution in [0.3, 0.4) is 0 Å². The molecule has 0 bridgehead atoms. The summed E-state index contributed by atoms with van der Waals surface area (Å²) in [4.78, 5) is 19.8. The van der Waals surface area contributed by atoms with Gasteiger partial charge in [0.25, 0.3) is 0 Å². The summed E-state index contributed by atoms with van der Waals surface area (Å²) in [6.07, 6.45) is 2.04. The Hall–Kier alpha value is -2.78. The standard InChI is InChI=1S/C22H24N4OS/c1-4-25(16(2)18-11-9-17(13-23)10-12-18)22(27)14-26-20-8-6-5-7-19(20)24-21(26)15-28-3/h5-12,16H,4,14-15H2,1-3H3. The zero-order chi connectivity index (χ0) is 20.1. The summed E-state index contributed by atoms with van der Waals surface area (Å²) in [6.45, 7) is 4.90. The molecule has 144 valence electrons. The number of nitrogens with zero attached hydrogens (tertiary/aromatic N) is 4. The SMILES string of the molecule is CCN(C(=O)Cn1c(CSC)nc2ccccc21)C(C)c1ccc(C#N)cc1. The zero-order valence-corrected chi connectivity index (χ0v) is 17.2. The summed E-state index contributed by atoms with van der Waals surface area (Å²) in [5.41, 5.74) is 3.55. The summed E-state index contributed by atoms with van der Waals surface area (Å²) in [7, 11) is 0. The lowest BCUT2D eigenvalue weighted by atomic mass is 10.0. The lowest BCUT2D eigenvalue weighted by Crippen LogP contribution is -2.36. The Morgan fingerprint density at radius 2 is 1.96 bits per heavy atom. The normalized spacial score (nSPS) is 11.9. The first-order valence-corrected chi connectivity index (χ1v) is 10.7. The van der Waals surface area contributed by atoms with E-state index in [-0.39, 0.29) is 18.5 Å². The van der Waals surface area contributed by atoms with Crippen molar-refractivity contribution >= 4 is 28.7 Å². The molecule has 0 radical (unpaired) electrons. The molecule has 0 N–H and O–H groups in total. The summed E-state index contributed by atoms with van der Waals surface area (Å²) in [5.74, 6) is 1.74. The molecule has 6 heteroatoms. The van der Waals surface area contributed by atoms with Crippen molar-refractivity contribution in [3.05, 3.63) is 65.5 Å². The van der Waals surface area contributed by atoms with Crippen LogP contribution in [0.1, 0.15) is 36.8 Å². The molecule has 0 spiro atoms. The first-order valence-electron chi connectivity index (χ1n) is 9.31. The molecular formula is C22H24N4OS. The minimum absolute atomic E-state index is 0.0601. The number of likely N-dealkylation sites (N-methyl/N-ethyl adjacent to an activating group) is 1. The van der Waals surface area contributed by atoms with Crippen LogP contribution < -0.4 is 0 Å². The smallest absolute Gasteiger partial charge is 0.243 e. The number of rotatable bonds is 7. The fourth-order valence-electron chi connectivity index (χ4n) is 3.45. The molecule has 28 heavy (non-hydrogen) atoms. The van der Waals surface area contributed by atoms with Gasteiger partial charge in [0, 0.05) is 6.54 Å². The Labute approximate surface area is 170 Å². The molecule has 2 aromatic carbocycles. The molecule has 1 heterocycles. The Kier molecular flexibility index (Phi) is 6.37. The third kappa shape index (κ3) is 4.05.